The predicted octanol–water partition coefficient (Wildman–Crippen LogP) is 7.32. The number of hydrogen-bond donors (Lipinski definition) is 2. The standard InChI is InChI=1S/C32H25Cl2N3O5/c1-31(17-32(40,18-31)21-10-5-9-20(13-21)30(38)39)25-14-36-26(15-35-25)41-16-22-28(27-23(33)11-6-12-24(27)34)37-42-29(22)19-7-3-2-4-8-19/h2-15,40H,16-18H2,1H3,(H,38,39). The van der Waals surface area contributed by atoms with Crippen molar-refractivity contribution in [3.8, 4) is 28.5 Å². The van der Waals surface area contributed by atoms with Crippen molar-refractivity contribution in [2.24, 2.45) is 0 Å². The fourth-order valence-corrected chi connectivity index (χ4v) is 6.17. The molecule has 2 N–H and O–H groups in total. The lowest BCUT2D eigenvalue weighted by Crippen LogP contribution is -2.51. The van der Waals surface area contributed by atoms with Gasteiger partial charge in [0.05, 0.1) is 44.9 Å². The Balaban J connectivity index is 1.22. The van der Waals surface area contributed by atoms with Gasteiger partial charge in [-0.15, -0.1) is 0 Å². The molecule has 0 amide bonds. The molecule has 6 rings (SSSR count). The first-order chi connectivity index (χ1) is 20.2. The molecule has 42 heavy (non-hydrogen) atoms. The number of aromatic carboxylic acids is 1. The molecular formula is C32H25Cl2N3O5. The zero-order valence-electron chi connectivity index (χ0n) is 22.4. The summed E-state index contributed by atoms with van der Waals surface area (Å²) in [5.74, 6) is -0.213. The second-order valence-electron chi connectivity index (χ2n) is 10.7. The molecular weight excluding hydrogens is 577 g/mol. The van der Waals surface area contributed by atoms with E-state index >= 15 is 0 Å². The minimum atomic E-state index is -1.14. The third-order valence-electron chi connectivity index (χ3n) is 7.65. The van der Waals surface area contributed by atoms with E-state index in [2.05, 4.69) is 15.1 Å². The Hall–Kier alpha value is -4.24. The largest absolute Gasteiger partial charge is 0.478 e. The van der Waals surface area contributed by atoms with Crippen molar-refractivity contribution in [2.75, 3.05) is 0 Å². The van der Waals surface area contributed by atoms with Gasteiger partial charge < -0.3 is 19.5 Å². The number of rotatable bonds is 8. The molecule has 1 fully saturated rings. The molecule has 0 spiro atoms. The van der Waals surface area contributed by atoms with Gasteiger partial charge in [0.15, 0.2) is 5.76 Å². The van der Waals surface area contributed by atoms with E-state index in [9.17, 15) is 15.0 Å². The zero-order valence-corrected chi connectivity index (χ0v) is 23.9. The van der Waals surface area contributed by atoms with Crippen LogP contribution in [0, 0.1) is 0 Å². The summed E-state index contributed by atoms with van der Waals surface area (Å²) in [6, 6.07) is 21.2. The number of carboxylic acids is 1. The minimum Gasteiger partial charge on any atom is -0.478 e. The summed E-state index contributed by atoms with van der Waals surface area (Å²) >= 11 is 13.0. The molecule has 5 aromatic rings. The van der Waals surface area contributed by atoms with Crippen LogP contribution in [0.3, 0.4) is 0 Å². The van der Waals surface area contributed by atoms with Crippen LogP contribution in [0.1, 0.15) is 46.9 Å². The number of carboxylic acid groups (broad SMARTS) is 1. The van der Waals surface area contributed by atoms with Gasteiger partial charge in [0.25, 0.3) is 0 Å². The quantitative estimate of drug-likeness (QED) is 0.190. The van der Waals surface area contributed by atoms with E-state index in [-0.39, 0.29) is 12.2 Å². The monoisotopic (exact) mass is 601 g/mol. The molecule has 1 saturated carbocycles. The number of halogens is 2. The Morgan fingerprint density at radius 1 is 0.976 bits per heavy atom. The Morgan fingerprint density at radius 2 is 1.69 bits per heavy atom. The molecule has 8 nitrogen and oxygen atoms in total. The third-order valence-corrected chi connectivity index (χ3v) is 8.28. The van der Waals surface area contributed by atoms with Gasteiger partial charge in [-0.05, 0) is 42.7 Å². The van der Waals surface area contributed by atoms with Crippen LogP contribution in [0.4, 0.5) is 0 Å². The third kappa shape index (κ3) is 5.13. The van der Waals surface area contributed by atoms with E-state index < -0.39 is 17.0 Å². The van der Waals surface area contributed by atoms with Crippen LogP contribution in [0.2, 0.25) is 10.0 Å². The van der Waals surface area contributed by atoms with Gasteiger partial charge in [0, 0.05) is 16.5 Å². The van der Waals surface area contributed by atoms with E-state index in [1.807, 2.05) is 37.3 Å². The SMILES string of the molecule is CC1(c2cnc(OCc3c(-c4c(Cl)cccc4Cl)noc3-c3ccccc3)cn2)CC(O)(c2cccc(C(=O)O)c2)C1. The maximum Gasteiger partial charge on any atom is 0.335 e. The number of nitrogens with zero attached hydrogens (tertiary/aromatic N) is 3. The Morgan fingerprint density at radius 3 is 2.36 bits per heavy atom. The second kappa shape index (κ2) is 10.9. The summed E-state index contributed by atoms with van der Waals surface area (Å²) in [4.78, 5) is 20.4. The number of ether oxygens (including phenoxy) is 1. The van der Waals surface area contributed by atoms with Gasteiger partial charge in [-0.1, -0.05) is 83.8 Å². The molecule has 0 saturated heterocycles. The maximum absolute atomic E-state index is 11.4. The summed E-state index contributed by atoms with van der Waals surface area (Å²) in [7, 11) is 0. The highest BCUT2D eigenvalue weighted by Gasteiger charge is 2.53. The molecule has 212 valence electrons. The molecule has 0 radical (unpaired) electrons. The van der Waals surface area contributed by atoms with E-state index in [1.54, 1.807) is 42.7 Å². The van der Waals surface area contributed by atoms with Crippen molar-refractivity contribution in [3.05, 3.63) is 118 Å². The van der Waals surface area contributed by atoms with Crippen LogP contribution in [0.25, 0.3) is 22.6 Å². The van der Waals surface area contributed by atoms with Crippen LogP contribution in [0.5, 0.6) is 5.88 Å². The number of aliphatic hydroxyl groups is 1. The molecule has 2 heterocycles. The van der Waals surface area contributed by atoms with E-state index in [0.717, 1.165) is 5.56 Å². The number of benzene rings is 3. The summed E-state index contributed by atoms with van der Waals surface area (Å²) in [6.07, 6.45) is 3.93. The van der Waals surface area contributed by atoms with Crippen molar-refractivity contribution in [3.63, 3.8) is 0 Å². The number of aromatic nitrogens is 3. The van der Waals surface area contributed by atoms with Crippen molar-refractivity contribution in [1.29, 1.82) is 0 Å². The van der Waals surface area contributed by atoms with Crippen LogP contribution < -0.4 is 4.74 Å². The lowest BCUT2D eigenvalue weighted by Gasteiger charge is -2.51. The topological polar surface area (TPSA) is 119 Å². The van der Waals surface area contributed by atoms with E-state index in [4.69, 9.17) is 32.5 Å². The van der Waals surface area contributed by atoms with E-state index in [1.165, 1.54) is 12.1 Å². The van der Waals surface area contributed by atoms with E-state index in [0.29, 0.717) is 62.6 Å². The first-order valence-corrected chi connectivity index (χ1v) is 13.9. The zero-order chi connectivity index (χ0) is 29.5. The summed E-state index contributed by atoms with van der Waals surface area (Å²) in [5.41, 5.74) is 2.32. The van der Waals surface area contributed by atoms with Crippen LogP contribution in [-0.4, -0.2) is 31.3 Å². The molecule has 1 aliphatic rings. The highest BCUT2D eigenvalue weighted by atomic mass is 35.5. The maximum atomic E-state index is 11.4. The van der Waals surface area contributed by atoms with Crippen molar-refractivity contribution < 1.29 is 24.3 Å². The smallest absolute Gasteiger partial charge is 0.335 e. The summed E-state index contributed by atoms with van der Waals surface area (Å²) in [6.45, 7) is 2.06. The fraction of sp³-hybridized carbons (Fsp3) is 0.188. The van der Waals surface area contributed by atoms with Gasteiger partial charge in [-0.25, -0.2) is 9.78 Å². The van der Waals surface area contributed by atoms with Crippen LogP contribution in [0.15, 0.2) is 89.7 Å². The summed E-state index contributed by atoms with van der Waals surface area (Å²) in [5, 5.41) is 25.7. The van der Waals surface area contributed by atoms with Gasteiger partial charge in [-0.2, -0.15) is 0 Å². The van der Waals surface area contributed by atoms with Gasteiger partial charge in [0.2, 0.25) is 5.88 Å². The fourth-order valence-electron chi connectivity index (χ4n) is 5.59. The van der Waals surface area contributed by atoms with Gasteiger partial charge >= 0.3 is 5.97 Å². The Bertz CT molecular complexity index is 1750. The Kier molecular flexibility index (Phi) is 7.22. The minimum absolute atomic E-state index is 0.0651. The molecule has 0 unspecified atom stereocenters. The summed E-state index contributed by atoms with van der Waals surface area (Å²) < 4.78 is 11.8. The van der Waals surface area contributed by atoms with Crippen LogP contribution in [-0.2, 0) is 17.6 Å². The lowest BCUT2D eigenvalue weighted by atomic mass is 9.56. The average Bonchev–Trinajstić information content (AvgIpc) is 3.39. The van der Waals surface area contributed by atoms with Crippen molar-refractivity contribution in [1.82, 2.24) is 15.1 Å². The number of carbonyl (C=O) groups is 1. The normalized spacial score (nSPS) is 19.7. The molecule has 3 aromatic carbocycles. The molecule has 10 heteroatoms. The molecule has 0 aliphatic heterocycles. The Labute approximate surface area is 251 Å². The number of hydrogen-bond acceptors (Lipinski definition) is 7. The highest BCUT2D eigenvalue weighted by Crippen LogP contribution is 2.54. The van der Waals surface area contributed by atoms with Crippen LogP contribution >= 0.6 is 23.2 Å². The molecule has 0 atom stereocenters. The second-order valence-corrected chi connectivity index (χ2v) is 11.5. The lowest BCUT2D eigenvalue weighted by molar-refractivity contribution is -0.0931. The average molecular weight is 602 g/mol. The molecule has 0 bridgehead atoms. The first-order valence-electron chi connectivity index (χ1n) is 13.2. The predicted molar refractivity (Wildman–Crippen MR) is 158 cm³/mol. The van der Waals surface area contributed by atoms with Gasteiger partial charge in [0.1, 0.15) is 12.3 Å². The van der Waals surface area contributed by atoms with Crippen molar-refractivity contribution >= 4 is 29.2 Å². The molecule has 2 aromatic heterocycles. The molecule has 1 aliphatic carbocycles. The van der Waals surface area contributed by atoms with Gasteiger partial charge in [-0.3, -0.25) is 4.98 Å². The van der Waals surface area contributed by atoms with Crippen molar-refractivity contribution in [2.45, 2.75) is 37.4 Å². The first kappa shape index (κ1) is 27.9. The highest BCUT2D eigenvalue weighted by molar-refractivity contribution is 6.39.